The first-order valence-corrected chi connectivity index (χ1v) is 7.43. The molecule has 1 aromatic carbocycles. The summed E-state index contributed by atoms with van der Waals surface area (Å²) in [6.45, 7) is 4.28. The Labute approximate surface area is 114 Å². The van der Waals surface area contributed by atoms with Crippen molar-refractivity contribution >= 4 is 11.6 Å². The third kappa shape index (κ3) is 2.38. The molecule has 1 nitrogen and oxygen atoms in total. The van der Waals surface area contributed by atoms with Crippen molar-refractivity contribution in [3.05, 3.63) is 29.3 Å². The molecule has 1 fully saturated rings. The van der Waals surface area contributed by atoms with Crippen molar-refractivity contribution in [2.75, 3.05) is 0 Å². The molecule has 1 aliphatic carbocycles. The summed E-state index contributed by atoms with van der Waals surface area (Å²) in [5, 5.41) is 0.171. The molecule has 0 aromatic heterocycles. The summed E-state index contributed by atoms with van der Waals surface area (Å²) < 4.78 is 5.90. The van der Waals surface area contributed by atoms with Crippen molar-refractivity contribution in [1.82, 2.24) is 0 Å². The van der Waals surface area contributed by atoms with E-state index in [0.717, 1.165) is 24.5 Å². The lowest BCUT2D eigenvalue weighted by Gasteiger charge is -2.27. The molecule has 0 amide bonds. The molecule has 18 heavy (non-hydrogen) atoms. The van der Waals surface area contributed by atoms with E-state index in [4.69, 9.17) is 16.3 Å². The van der Waals surface area contributed by atoms with E-state index in [9.17, 15) is 0 Å². The van der Waals surface area contributed by atoms with E-state index in [0.29, 0.717) is 0 Å². The standard InChI is InChI=1S/C16H21ClO/c1-16(2)10-13-9-12(6-7-15(13)18-16)14(17)8-11-4-3-5-11/h6-7,9,11,14H,3-5,8,10H2,1-2H3. The molecular formula is C16H21ClO. The predicted octanol–water partition coefficient (Wildman–Crippen LogP) is 4.87. The number of hydrogen-bond donors (Lipinski definition) is 0. The fraction of sp³-hybridized carbons (Fsp3) is 0.625. The molecule has 2 heteroatoms. The minimum atomic E-state index is -0.0588. The predicted molar refractivity (Wildman–Crippen MR) is 75.4 cm³/mol. The third-order valence-corrected chi connectivity index (χ3v) is 4.64. The Bertz CT molecular complexity index is 448. The van der Waals surface area contributed by atoms with Crippen molar-refractivity contribution in [1.29, 1.82) is 0 Å². The molecule has 0 spiro atoms. The minimum absolute atomic E-state index is 0.0588. The third-order valence-electron chi connectivity index (χ3n) is 4.21. The Morgan fingerprint density at radius 2 is 2.17 bits per heavy atom. The summed E-state index contributed by atoms with van der Waals surface area (Å²) in [4.78, 5) is 0. The van der Waals surface area contributed by atoms with E-state index in [2.05, 4.69) is 32.0 Å². The van der Waals surface area contributed by atoms with Gasteiger partial charge in [0.05, 0.1) is 5.38 Å². The topological polar surface area (TPSA) is 9.23 Å². The summed E-state index contributed by atoms with van der Waals surface area (Å²) in [6.07, 6.45) is 6.24. The molecule has 0 bridgehead atoms. The van der Waals surface area contributed by atoms with E-state index >= 15 is 0 Å². The van der Waals surface area contributed by atoms with Gasteiger partial charge in [0.2, 0.25) is 0 Å². The second-order valence-electron chi connectivity index (χ2n) is 6.41. The van der Waals surface area contributed by atoms with Crippen LogP contribution in [0.4, 0.5) is 0 Å². The smallest absolute Gasteiger partial charge is 0.123 e. The quantitative estimate of drug-likeness (QED) is 0.708. The maximum absolute atomic E-state index is 6.55. The molecule has 0 radical (unpaired) electrons. The highest BCUT2D eigenvalue weighted by Crippen LogP contribution is 2.41. The van der Waals surface area contributed by atoms with Gasteiger partial charge in [0.25, 0.3) is 0 Å². The molecule has 1 atom stereocenters. The van der Waals surface area contributed by atoms with Crippen LogP contribution in [-0.2, 0) is 6.42 Å². The van der Waals surface area contributed by atoms with Crippen LogP contribution >= 0.6 is 11.6 Å². The summed E-state index contributed by atoms with van der Waals surface area (Å²) in [5.74, 6) is 1.89. The SMILES string of the molecule is CC1(C)Cc2cc(C(Cl)CC3CCC3)ccc2O1. The van der Waals surface area contributed by atoms with Crippen LogP contribution in [0.15, 0.2) is 18.2 Å². The molecule has 1 aliphatic heterocycles. The Kier molecular flexibility index (Phi) is 3.05. The van der Waals surface area contributed by atoms with E-state index in [1.54, 1.807) is 0 Å². The summed E-state index contributed by atoms with van der Waals surface area (Å²) in [7, 11) is 0. The zero-order valence-corrected chi connectivity index (χ0v) is 12.0. The van der Waals surface area contributed by atoms with Gasteiger partial charge in [0.15, 0.2) is 0 Å². The van der Waals surface area contributed by atoms with Crippen molar-refractivity contribution in [3.8, 4) is 5.75 Å². The summed E-state index contributed by atoms with van der Waals surface area (Å²) in [5.41, 5.74) is 2.52. The van der Waals surface area contributed by atoms with Gasteiger partial charge in [-0.05, 0) is 43.4 Å². The zero-order valence-electron chi connectivity index (χ0n) is 11.2. The number of ether oxygens (including phenoxy) is 1. The van der Waals surface area contributed by atoms with Crippen LogP contribution in [0, 0.1) is 5.92 Å². The largest absolute Gasteiger partial charge is 0.487 e. The number of benzene rings is 1. The van der Waals surface area contributed by atoms with Crippen molar-refractivity contribution in [2.45, 2.75) is 56.9 Å². The van der Waals surface area contributed by atoms with Crippen molar-refractivity contribution < 1.29 is 4.74 Å². The molecule has 98 valence electrons. The van der Waals surface area contributed by atoms with Crippen LogP contribution in [0.1, 0.15) is 56.0 Å². The lowest BCUT2D eigenvalue weighted by Crippen LogP contribution is -2.24. The van der Waals surface area contributed by atoms with E-state index < -0.39 is 0 Å². The van der Waals surface area contributed by atoms with Gasteiger partial charge in [0, 0.05) is 6.42 Å². The zero-order chi connectivity index (χ0) is 12.8. The molecule has 1 aromatic rings. The molecule has 2 aliphatic rings. The first-order chi connectivity index (χ1) is 8.53. The van der Waals surface area contributed by atoms with Crippen LogP contribution in [0.2, 0.25) is 0 Å². The Balaban J connectivity index is 1.74. The highest BCUT2D eigenvalue weighted by molar-refractivity contribution is 6.20. The van der Waals surface area contributed by atoms with Crippen LogP contribution in [-0.4, -0.2) is 5.60 Å². The number of rotatable bonds is 3. The first kappa shape index (κ1) is 12.3. The summed E-state index contributed by atoms with van der Waals surface area (Å²) >= 11 is 6.55. The monoisotopic (exact) mass is 264 g/mol. The fourth-order valence-corrected chi connectivity index (χ4v) is 3.37. The first-order valence-electron chi connectivity index (χ1n) is 6.99. The van der Waals surface area contributed by atoms with Gasteiger partial charge in [-0.3, -0.25) is 0 Å². The number of halogens is 1. The molecule has 1 heterocycles. The van der Waals surface area contributed by atoms with Gasteiger partial charge in [-0.15, -0.1) is 11.6 Å². The van der Waals surface area contributed by atoms with Gasteiger partial charge < -0.3 is 4.74 Å². The van der Waals surface area contributed by atoms with Gasteiger partial charge in [0.1, 0.15) is 11.4 Å². The van der Waals surface area contributed by atoms with Crippen molar-refractivity contribution in [3.63, 3.8) is 0 Å². The van der Waals surface area contributed by atoms with Crippen molar-refractivity contribution in [2.24, 2.45) is 5.92 Å². The Morgan fingerprint density at radius 1 is 1.39 bits per heavy atom. The molecular weight excluding hydrogens is 244 g/mol. The van der Waals surface area contributed by atoms with Crippen LogP contribution in [0.25, 0.3) is 0 Å². The molecule has 1 unspecified atom stereocenters. The van der Waals surface area contributed by atoms with Crippen LogP contribution < -0.4 is 4.74 Å². The highest BCUT2D eigenvalue weighted by atomic mass is 35.5. The fourth-order valence-electron chi connectivity index (χ4n) is 2.98. The van der Waals surface area contributed by atoms with Gasteiger partial charge in [-0.1, -0.05) is 31.4 Å². The highest BCUT2D eigenvalue weighted by Gasteiger charge is 2.30. The lowest BCUT2D eigenvalue weighted by molar-refractivity contribution is 0.138. The van der Waals surface area contributed by atoms with E-state index in [-0.39, 0.29) is 11.0 Å². The molecule has 1 saturated carbocycles. The normalized spacial score (nSPS) is 23.1. The average molecular weight is 265 g/mol. The Hall–Kier alpha value is -0.690. The van der Waals surface area contributed by atoms with Gasteiger partial charge >= 0.3 is 0 Å². The summed E-state index contributed by atoms with van der Waals surface area (Å²) in [6, 6.07) is 6.48. The number of hydrogen-bond acceptors (Lipinski definition) is 1. The van der Waals surface area contributed by atoms with E-state index in [1.807, 2.05) is 0 Å². The molecule has 3 rings (SSSR count). The van der Waals surface area contributed by atoms with Crippen LogP contribution in [0.3, 0.4) is 0 Å². The molecule has 0 N–H and O–H groups in total. The average Bonchev–Trinajstić information content (AvgIpc) is 2.55. The van der Waals surface area contributed by atoms with Crippen LogP contribution in [0.5, 0.6) is 5.75 Å². The number of fused-ring (bicyclic) bond motifs is 1. The second kappa shape index (κ2) is 4.45. The maximum Gasteiger partial charge on any atom is 0.123 e. The molecule has 0 saturated heterocycles. The van der Waals surface area contributed by atoms with E-state index in [1.165, 1.54) is 30.4 Å². The van der Waals surface area contributed by atoms with Gasteiger partial charge in [-0.25, -0.2) is 0 Å². The Morgan fingerprint density at radius 3 is 2.83 bits per heavy atom. The second-order valence-corrected chi connectivity index (χ2v) is 6.93. The minimum Gasteiger partial charge on any atom is -0.487 e. The lowest BCUT2D eigenvalue weighted by atomic mass is 9.81. The van der Waals surface area contributed by atoms with Gasteiger partial charge in [-0.2, -0.15) is 0 Å². The maximum atomic E-state index is 6.55. The number of alkyl halides is 1.